The number of hydrogen-bond donors (Lipinski definition) is 0. The summed E-state index contributed by atoms with van der Waals surface area (Å²) in [6, 6.07) is 12.1. The Kier molecular flexibility index (Phi) is 4.15. The summed E-state index contributed by atoms with van der Waals surface area (Å²) in [5.41, 5.74) is 4.17. The van der Waals surface area contributed by atoms with Gasteiger partial charge in [0.2, 0.25) is 0 Å². The lowest BCUT2D eigenvalue weighted by atomic mass is 10.1. The van der Waals surface area contributed by atoms with Gasteiger partial charge in [-0.15, -0.1) is 0 Å². The number of piperidine rings is 1. The summed E-state index contributed by atoms with van der Waals surface area (Å²) < 4.78 is 1.98. The molecule has 0 aliphatic carbocycles. The number of fused-ring (bicyclic) bond motifs is 1. The van der Waals surface area contributed by atoms with Crippen molar-refractivity contribution in [3.05, 3.63) is 64.8 Å². The van der Waals surface area contributed by atoms with Gasteiger partial charge in [-0.25, -0.2) is 4.98 Å². The minimum Gasteiger partial charge on any atom is -0.356 e. The maximum atomic E-state index is 5.96. The van der Waals surface area contributed by atoms with Crippen LogP contribution in [0.15, 0.2) is 36.4 Å². The van der Waals surface area contributed by atoms with Crippen LogP contribution in [0, 0.1) is 13.3 Å². The number of anilines is 1. The number of aromatic nitrogens is 3. The molecule has 1 fully saturated rings. The Labute approximate surface area is 147 Å². The molecule has 123 valence electrons. The maximum absolute atomic E-state index is 5.96. The van der Waals surface area contributed by atoms with Crippen LogP contribution in [0.2, 0.25) is 5.02 Å². The lowest BCUT2D eigenvalue weighted by Gasteiger charge is -2.28. The van der Waals surface area contributed by atoms with Gasteiger partial charge in [-0.3, -0.25) is 0 Å². The fraction of sp³-hybridized carbons (Fsp3) is 0.316. The van der Waals surface area contributed by atoms with E-state index in [9.17, 15) is 0 Å². The Morgan fingerprint density at radius 2 is 2.00 bits per heavy atom. The number of rotatable bonds is 3. The van der Waals surface area contributed by atoms with Crippen molar-refractivity contribution in [2.75, 3.05) is 18.0 Å². The Bertz CT molecular complexity index is 848. The summed E-state index contributed by atoms with van der Waals surface area (Å²) in [5, 5.41) is 5.57. The van der Waals surface area contributed by atoms with Crippen molar-refractivity contribution in [1.29, 1.82) is 0 Å². The molecule has 1 aliphatic heterocycles. The van der Waals surface area contributed by atoms with Crippen LogP contribution in [0.4, 0.5) is 5.82 Å². The highest BCUT2D eigenvalue weighted by Gasteiger charge is 2.16. The third-order valence-electron chi connectivity index (χ3n) is 4.40. The van der Waals surface area contributed by atoms with Gasteiger partial charge >= 0.3 is 0 Å². The molecule has 0 unspecified atom stereocenters. The van der Waals surface area contributed by atoms with Crippen molar-refractivity contribution in [2.24, 2.45) is 0 Å². The zero-order chi connectivity index (χ0) is 16.5. The quantitative estimate of drug-likeness (QED) is 0.720. The molecule has 5 heteroatoms. The van der Waals surface area contributed by atoms with Gasteiger partial charge in [-0.05, 0) is 43.9 Å². The van der Waals surface area contributed by atoms with E-state index in [-0.39, 0.29) is 0 Å². The molecule has 24 heavy (non-hydrogen) atoms. The van der Waals surface area contributed by atoms with Gasteiger partial charge in [0, 0.05) is 42.4 Å². The van der Waals surface area contributed by atoms with E-state index in [4.69, 9.17) is 16.7 Å². The van der Waals surface area contributed by atoms with Gasteiger partial charge in [0.05, 0.1) is 5.69 Å². The van der Waals surface area contributed by atoms with Gasteiger partial charge < -0.3 is 4.90 Å². The predicted molar refractivity (Wildman–Crippen MR) is 97.7 cm³/mol. The van der Waals surface area contributed by atoms with Gasteiger partial charge in [0.15, 0.2) is 5.65 Å². The molecule has 3 heterocycles. The highest BCUT2D eigenvalue weighted by Crippen LogP contribution is 2.22. The Balaban J connectivity index is 1.70. The molecule has 3 aromatic rings. The van der Waals surface area contributed by atoms with Crippen molar-refractivity contribution in [3.63, 3.8) is 0 Å². The van der Waals surface area contributed by atoms with Crippen LogP contribution >= 0.6 is 11.6 Å². The summed E-state index contributed by atoms with van der Waals surface area (Å²) in [6.07, 6.45) is 5.51. The maximum Gasteiger partial charge on any atom is 0.157 e. The molecule has 0 atom stereocenters. The first-order chi connectivity index (χ1) is 11.7. The summed E-state index contributed by atoms with van der Waals surface area (Å²) in [4.78, 5) is 7.03. The Hall–Kier alpha value is -2.07. The van der Waals surface area contributed by atoms with Gasteiger partial charge in [-0.1, -0.05) is 23.7 Å². The van der Waals surface area contributed by atoms with Crippen LogP contribution in [-0.4, -0.2) is 27.7 Å². The second kappa shape index (κ2) is 6.44. The molecule has 1 saturated heterocycles. The van der Waals surface area contributed by atoms with E-state index < -0.39 is 0 Å². The van der Waals surface area contributed by atoms with E-state index in [1.165, 1.54) is 18.4 Å². The average molecular weight is 340 g/mol. The van der Waals surface area contributed by atoms with Crippen molar-refractivity contribution < 1.29 is 0 Å². The number of halogens is 1. The monoisotopic (exact) mass is 339 g/mol. The van der Waals surface area contributed by atoms with E-state index in [1.54, 1.807) is 0 Å². The van der Waals surface area contributed by atoms with Crippen LogP contribution in [-0.2, 0) is 6.42 Å². The molecule has 0 saturated carbocycles. The van der Waals surface area contributed by atoms with Crippen molar-refractivity contribution in [3.8, 4) is 0 Å². The van der Waals surface area contributed by atoms with Crippen molar-refractivity contribution >= 4 is 23.1 Å². The molecule has 0 spiro atoms. The van der Waals surface area contributed by atoms with Crippen molar-refractivity contribution in [2.45, 2.75) is 26.2 Å². The normalized spacial score (nSPS) is 15.2. The van der Waals surface area contributed by atoms with Gasteiger partial charge in [0.25, 0.3) is 0 Å². The number of benzene rings is 1. The molecule has 4 rings (SSSR count). The molecule has 0 bridgehead atoms. The molecule has 1 aromatic carbocycles. The number of aryl methyl sites for hydroxylation is 1. The smallest absolute Gasteiger partial charge is 0.157 e. The van der Waals surface area contributed by atoms with E-state index in [0.717, 1.165) is 47.4 Å². The van der Waals surface area contributed by atoms with E-state index in [2.05, 4.69) is 28.4 Å². The third-order valence-corrected chi connectivity index (χ3v) is 4.65. The van der Waals surface area contributed by atoms with Gasteiger partial charge in [0.1, 0.15) is 5.82 Å². The van der Waals surface area contributed by atoms with Crippen LogP contribution in [0.3, 0.4) is 0 Å². The minimum atomic E-state index is 0.759. The van der Waals surface area contributed by atoms with Crippen LogP contribution in [0.25, 0.3) is 5.65 Å². The van der Waals surface area contributed by atoms with Crippen LogP contribution in [0.5, 0.6) is 0 Å². The molecule has 4 nitrogen and oxygen atoms in total. The standard InChI is InChI=1S/C19H20ClN4/c1-14-11-19(23-9-3-2-4-10-23)24-18(21-14)13-17(22-24)12-15-5-7-16(20)8-6-15/h3,5-8,11,13H,2,4,9-10,12H2,1H3. The third kappa shape index (κ3) is 3.11. The first-order valence-corrected chi connectivity index (χ1v) is 8.74. The largest absolute Gasteiger partial charge is 0.356 e. The molecule has 0 amide bonds. The first kappa shape index (κ1) is 15.5. The summed E-state index contributed by atoms with van der Waals surface area (Å²) >= 11 is 5.96. The molecule has 0 N–H and O–H groups in total. The molecular formula is C19H20ClN4. The second-order valence-corrected chi connectivity index (χ2v) is 6.78. The fourth-order valence-corrected chi connectivity index (χ4v) is 3.35. The highest BCUT2D eigenvalue weighted by atomic mass is 35.5. The summed E-state index contributed by atoms with van der Waals surface area (Å²) in [6.45, 7) is 4.09. The van der Waals surface area contributed by atoms with Gasteiger partial charge in [-0.2, -0.15) is 9.61 Å². The minimum absolute atomic E-state index is 0.759. The predicted octanol–water partition coefficient (Wildman–Crippen LogP) is 4.09. The van der Waals surface area contributed by atoms with Crippen LogP contribution < -0.4 is 4.90 Å². The fourth-order valence-electron chi connectivity index (χ4n) is 3.22. The Morgan fingerprint density at radius 3 is 2.75 bits per heavy atom. The SMILES string of the molecule is Cc1cc(N2C[CH]CCC2)n2nc(Cc3ccc(Cl)cc3)cc2n1. The van der Waals surface area contributed by atoms with Crippen molar-refractivity contribution in [1.82, 2.24) is 14.6 Å². The Morgan fingerprint density at radius 1 is 1.17 bits per heavy atom. The van der Waals surface area contributed by atoms with E-state index >= 15 is 0 Å². The van der Waals surface area contributed by atoms with E-state index in [0.29, 0.717) is 0 Å². The molecule has 2 aromatic heterocycles. The second-order valence-electron chi connectivity index (χ2n) is 6.34. The number of nitrogens with zero attached hydrogens (tertiary/aromatic N) is 4. The first-order valence-electron chi connectivity index (χ1n) is 8.36. The van der Waals surface area contributed by atoms with Crippen LogP contribution in [0.1, 0.15) is 29.8 Å². The molecular weight excluding hydrogens is 320 g/mol. The average Bonchev–Trinajstić information content (AvgIpc) is 2.99. The summed E-state index contributed by atoms with van der Waals surface area (Å²) in [7, 11) is 0. The molecule has 1 aliphatic rings. The lowest BCUT2D eigenvalue weighted by Crippen LogP contribution is -2.31. The zero-order valence-corrected chi connectivity index (χ0v) is 14.5. The highest BCUT2D eigenvalue weighted by molar-refractivity contribution is 6.30. The van der Waals surface area contributed by atoms with E-state index in [1.807, 2.05) is 35.7 Å². The summed E-state index contributed by atoms with van der Waals surface area (Å²) in [5.74, 6) is 1.14. The lowest BCUT2D eigenvalue weighted by molar-refractivity contribution is 0.653. The molecule has 1 radical (unpaired) electrons. The topological polar surface area (TPSA) is 33.4 Å². The number of hydrogen-bond acceptors (Lipinski definition) is 3. The zero-order valence-electron chi connectivity index (χ0n) is 13.7.